The fourth-order valence-corrected chi connectivity index (χ4v) is 3.42. The molecule has 0 bridgehead atoms. The summed E-state index contributed by atoms with van der Waals surface area (Å²) in [7, 11) is 4.10. The molecule has 102 valence electrons. The first-order valence-corrected chi connectivity index (χ1v) is 7.72. The van der Waals surface area contributed by atoms with Gasteiger partial charge in [0.25, 0.3) is 0 Å². The summed E-state index contributed by atoms with van der Waals surface area (Å²) in [5.74, 6) is 0.981. The summed E-state index contributed by atoms with van der Waals surface area (Å²) >= 11 is 1.83. The molecule has 2 rings (SSSR count). The number of carbonyl (C=O) groups excluding carboxylic acids is 1. The second-order valence-electron chi connectivity index (χ2n) is 3.99. The minimum Gasteiger partial charge on any atom is -0.330 e. The van der Waals surface area contributed by atoms with Gasteiger partial charge in [0.1, 0.15) is 0 Å². The van der Waals surface area contributed by atoms with Crippen molar-refractivity contribution < 1.29 is 4.79 Å². The monoisotopic (exact) mass is 260 g/mol. The zero-order valence-electron chi connectivity index (χ0n) is 12.2. The van der Waals surface area contributed by atoms with E-state index >= 15 is 0 Å². The Bertz CT molecular complexity index is 225. The van der Waals surface area contributed by atoms with Crippen molar-refractivity contribution in [3.8, 4) is 0 Å². The second-order valence-corrected chi connectivity index (χ2v) is 5.33. The van der Waals surface area contributed by atoms with Crippen LogP contribution >= 0.6 is 11.8 Å². The van der Waals surface area contributed by atoms with Gasteiger partial charge in [0.2, 0.25) is 5.91 Å². The molecule has 0 saturated carbocycles. The Hall–Kier alpha value is -0.220. The lowest BCUT2D eigenvalue weighted by Gasteiger charge is -2.41. The highest BCUT2D eigenvalue weighted by Crippen LogP contribution is 2.42. The van der Waals surface area contributed by atoms with Crippen LogP contribution in [0.2, 0.25) is 0 Å². The van der Waals surface area contributed by atoms with Crippen molar-refractivity contribution in [2.45, 2.75) is 45.4 Å². The van der Waals surface area contributed by atoms with E-state index in [2.05, 4.69) is 11.9 Å². The van der Waals surface area contributed by atoms with Crippen LogP contribution in [0, 0.1) is 0 Å². The van der Waals surface area contributed by atoms with E-state index < -0.39 is 0 Å². The number of amides is 1. The molecule has 0 aromatic heterocycles. The lowest BCUT2D eigenvalue weighted by Crippen LogP contribution is -2.49. The minimum absolute atomic E-state index is 0.142. The SMILES string of the molecule is CC.CC.CN1CCC2(CC1)SCC(=O)N2C. The number of carbonyl (C=O) groups is 1. The van der Waals surface area contributed by atoms with Crippen LogP contribution in [-0.4, -0.2) is 53.5 Å². The third kappa shape index (κ3) is 3.88. The summed E-state index contributed by atoms with van der Waals surface area (Å²) in [6.07, 6.45) is 2.24. The van der Waals surface area contributed by atoms with E-state index in [-0.39, 0.29) is 4.87 Å². The normalized spacial score (nSPS) is 22.7. The number of likely N-dealkylation sites (tertiary alicyclic amines) is 1. The van der Waals surface area contributed by atoms with Crippen LogP contribution in [-0.2, 0) is 4.79 Å². The molecule has 2 heterocycles. The van der Waals surface area contributed by atoms with Crippen LogP contribution in [0.3, 0.4) is 0 Å². The molecular formula is C13H28N2OS. The van der Waals surface area contributed by atoms with E-state index in [1.165, 1.54) is 0 Å². The molecule has 0 unspecified atom stereocenters. The Morgan fingerprint density at radius 3 is 1.88 bits per heavy atom. The Kier molecular flexibility index (Phi) is 7.88. The molecule has 2 fully saturated rings. The predicted octanol–water partition coefficient (Wildman–Crippen LogP) is 2.67. The van der Waals surface area contributed by atoms with E-state index in [1.54, 1.807) is 0 Å². The van der Waals surface area contributed by atoms with Crippen molar-refractivity contribution in [2.24, 2.45) is 0 Å². The third-order valence-electron chi connectivity index (χ3n) is 3.22. The Balaban J connectivity index is 0.000000581. The Morgan fingerprint density at radius 1 is 1.06 bits per heavy atom. The molecule has 2 aliphatic rings. The predicted molar refractivity (Wildman–Crippen MR) is 77.4 cm³/mol. The van der Waals surface area contributed by atoms with E-state index in [0.29, 0.717) is 11.7 Å². The molecule has 4 heteroatoms. The van der Waals surface area contributed by atoms with E-state index in [0.717, 1.165) is 25.9 Å². The quantitative estimate of drug-likeness (QED) is 0.669. The van der Waals surface area contributed by atoms with Crippen molar-refractivity contribution in [2.75, 3.05) is 32.9 Å². The lowest BCUT2D eigenvalue weighted by molar-refractivity contribution is -0.129. The summed E-state index contributed by atoms with van der Waals surface area (Å²) in [4.78, 5) is 15.9. The first-order valence-electron chi connectivity index (χ1n) is 6.73. The standard InChI is InChI=1S/C9H16N2OS.2C2H6/c1-10-5-3-9(4-6-10)11(2)8(12)7-13-9;2*1-2/h3-7H2,1-2H3;2*1-2H3. The summed E-state index contributed by atoms with van der Waals surface area (Å²) in [5.41, 5.74) is 0. The summed E-state index contributed by atoms with van der Waals surface area (Å²) in [5, 5.41) is 0. The van der Waals surface area contributed by atoms with Gasteiger partial charge in [-0.15, -0.1) is 11.8 Å². The molecule has 2 saturated heterocycles. The molecule has 0 aromatic rings. The van der Waals surface area contributed by atoms with E-state index in [1.807, 2.05) is 51.4 Å². The highest BCUT2D eigenvalue weighted by molar-refractivity contribution is 8.01. The lowest BCUT2D eigenvalue weighted by atomic mass is 10.0. The third-order valence-corrected chi connectivity index (χ3v) is 4.83. The molecule has 0 aliphatic carbocycles. The van der Waals surface area contributed by atoms with Crippen molar-refractivity contribution in [3.05, 3.63) is 0 Å². The van der Waals surface area contributed by atoms with Gasteiger partial charge in [-0.2, -0.15) is 0 Å². The molecule has 2 aliphatic heterocycles. The smallest absolute Gasteiger partial charge is 0.233 e. The van der Waals surface area contributed by atoms with Crippen molar-refractivity contribution in [3.63, 3.8) is 0 Å². The number of hydrogen-bond acceptors (Lipinski definition) is 3. The van der Waals surface area contributed by atoms with Crippen molar-refractivity contribution in [1.82, 2.24) is 9.80 Å². The molecule has 0 atom stereocenters. The average molecular weight is 260 g/mol. The Morgan fingerprint density at radius 2 is 1.53 bits per heavy atom. The van der Waals surface area contributed by atoms with Crippen LogP contribution in [0.1, 0.15) is 40.5 Å². The molecular weight excluding hydrogens is 232 g/mol. The van der Waals surface area contributed by atoms with Crippen LogP contribution < -0.4 is 0 Å². The van der Waals surface area contributed by atoms with E-state index in [4.69, 9.17) is 0 Å². The number of nitrogens with zero attached hydrogens (tertiary/aromatic N) is 2. The maximum absolute atomic E-state index is 11.4. The minimum atomic E-state index is 0.142. The molecule has 17 heavy (non-hydrogen) atoms. The van der Waals surface area contributed by atoms with Crippen LogP contribution in [0.25, 0.3) is 0 Å². The molecule has 1 spiro atoms. The van der Waals surface area contributed by atoms with Gasteiger partial charge in [-0.1, -0.05) is 27.7 Å². The fraction of sp³-hybridized carbons (Fsp3) is 0.923. The van der Waals surface area contributed by atoms with Crippen LogP contribution in [0.5, 0.6) is 0 Å². The van der Waals surface area contributed by atoms with Gasteiger partial charge in [-0.3, -0.25) is 4.79 Å². The maximum atomic E-state index is 11.4. The van der Waals surface area contributed by atoms with E-state index in [9.17, 15) is 4.79 Å². The van der Waals surface area contributed by atoms with Gasteiger partial charge < -0.3 is 9.80 Å². The molecule has 1 amide bonds. The van der Waals surface area contributed by atoms with Gasteiger partial charge in [0.15, 0.2) is 0 Å². The highest BCUT2D eigenvalue weighted by atomic mass is 32.2. The molecule has 3 nitrogen and oxygen atoms in total. The molecule has 0 radical (unpaired) electrons. The first-order chi connectivity index (χ1) is 8.14. The fourth-order valence-electron chi connectivity index (χ4n) is 2.06. The van der Waals surface area contributed by atoms with Crippen LogP contribution in [0.15, 0.2) is 0 Å². The van der Waals surface area contributed by atoms with Gasteiger partial charge in [-0.25, -0.2) is 0 Å². The van der Waals surface area contributed by atoms with Crippen molar-refractivity contribution in [1.29, 1.82) is 0 Å². The Labute approximate surface area is 111 Å². The number of rotatable bonds is 0. The summed E-state index contributed by atoms with van der Waals surface area (Å²) in [6, 6.07) is 0. The number of hydrogen-bond donors (Lipinski definition) is 0. The topological polar surface area (TPSA) is 23.6 Å². The molecule has 0 N–H and O–H groups in total. The summed E-state index contributed by atoms with van der Waals surface area (Å²) < 4.78 is 0. The maximum Gasteiger partial charge on any atom is 0.233 e. The van der Waals surface area contributed by atoms with Gasteiger partial charge in [0.05, 0.1) is 10.6 Å². The highest BCUT2D eigenvalue weighted by Gasteiger charge is 2.45. The molecule has 0 aromatic carbocycles. The van der Waals surface area contributed by atoms with Crippen molar-refractivity contribution >= 4 is 17.7 Å². The van der Waals surface area contributed by atoms with Crippen LogP contribution in [0.4, 0.5) is 0 Å². The largest absolute Gasteiger partial charge is 0.330 e. The zero-order valence-corrected chi connectivity index (χ0v) is 13.1. The number of piperidine rings is 1. The average Bonchev–Trinajstić information content (AvgIpc) is 2.67. The second kappa shape index (κ2) is 7.98. The summed E-state index contributed by atoms with van der Waals surface area (Å²) in [6.45, 7) is 10.2. The zero-order chi connectivity index (χ0) is 13.5. The van der Waals surface area contributed by atoms with Gasteiger partial charge in [0, 0.05) is 20.1 Å². The number of thioether (sulfide) groups is 1. The first kappa shape index (κ1) is 16.8. The van der Waals surface area contributed by atoms with Gasteiger partial charge >= 0.3 is 0 Å². The van der Waals surface area contributed by atoms with Gasteiger partial charge in [-0.05, 0) is 19.9 Å².